The van der Waals surface area contributed by atoms with Gasteiger partial charge in [-0.1, -0.05) is 12.1 Å². The average Bonchev–Trinajstić information content (AvgIpc) is 3.28. The van der Waals surface area contributed by atoms with Gasteiger partial charge in [0.25, 0.3) is 5.56 Å². The third-order valence-electron chi connectivity index (χ3n) is 5.84. The van der Waals surface area contributed by atoms with E-state index in [1.165, 1.54) is 4.57 Å². The molecular weight excluding hydrogens is 384 g/mol. The largest absolute Gasteiger partial charge is 0.466 e. The number of aromatic amines is 2. The number of H-pyrrole nitrogens is 2. The molecule has 1 aliphatic rings. The number of carbonyl (C=O) groups is 1. The van der Waals surface area contributed by atoms with Crippen molar-refractivity contribution in [2.45, 2.75) is 25.8 Å². The Hall–Kier alpha value is -3.13. The van der Waals surface area contributed by atoms with Crippen molar-refractivity contribution in [3.05, 3.63) is 69.1 Å². The van der Waals surface area contributed by atoms with Crippen molar-refractivity contribution in [2.75, 3.05) is 26.2 Å². The number of nitrogens with zero attached hydrogens (tertiary/aromatic N) is 2. The lowest BCUT2D eigenvalue weighted by Crippen LogP contribution is -2.46. The van der Waals surface area contributed by atoms with Crippen LogP contribution in [0, 0.1) is 5.92 Å². The highest BCUT2D eigenvalue weighted by Gasteiger charge is 2.36. The van der Waals surface area contributed by atoms with Crippen LogP contribution < -0.4 is 11.2 Å². The van der Waals surface area contributed by atoms with Crippen LogP contribution in [-0.2, 0) is 16.1 Å². The molecule has 30 heavy (non-hydrogen) atoms. The zero-order valence-electron chi connectivity index (χ0n) is 17.0. The molecule has 2 N–H and O–H groups in total. The first kappa shape index (κ1) is 20.2. The first-order chi connectivity index (χ1) is 14.6. The van der Waals surface area contributed by atoms with Crippen LogP contribution in [0.5, 0.6) is 0 Å². The Labute approximate surface area is 173 Å². The summed E-state index contributed by atoms with van der Waals surface area (Å²) in [6.07, 6.45) is 2.66. The summed E-state index contributed by atoms with van der Waals surface area (Å²) in [5, 5.41) is 0.493. The van der Waals surface area contributed by atoms with Crippen LogP contribution in [0.3, 0.4) is 0 Å². The smallest absolute Gasteiger partial charge is 0.328 e. The highest BCUT2D eigenvalue weighted by atomic mass is 16.5. The molecule has 0 amide bonds. The summed E-state index contributed by atoms with van der Waals surface area (Å²) < 4.78 is 6.55. The maximum absolute atomic E-state index is 12.7. The van der Waals surface area contributed by atoms with Crippen LogP contribution >= 0.6 is 0 Å². The molecule has 3 aromatic rings. The molecule has 0 radical (unpaired) electrons. The van der Waals surface area contributed by atoms with Gasteiger partial charge in [-0.3, -0.25) is 14.2 Å². The minimum Gasteiger partial charge on any atom is -0.466 e. The van der Waals surface area contributed by atoms with Gasteiger partial charge in [0.15, 0.2) is 0 Å². The molecule has 1 aromatic carbocycles. The van der Waals surface area contributed by atoms with Gasteiger partial charge in [-0.15, -0.1) is 0 Å². The summed E-state index contributed by atoms with van der Waals surface area (Å²) in [5.74, 6) is -0.423. The van der Waals surface area contributed by atoms with E-state index in [1.807, 2.05) is 18.3 Å². The molecule has 8 nitrogen and oxygen atoms in total. The van der Waals surface area contributed by atoms with Gasteiger partial charge < -0.3 is 19.6 Å². The van der Waals surface area contributed by atoms with E-state index in [1.54, 1.807) is 31.2 Å². The number of nitrogens with one attached hydrogen (secondary N) is 2. The van der Waals surface area contributed by atoms with Gasteiger partial charge in [0.1, 0.15) is 0 Å². The standard InChI is InChI=1S/C22H26N4O4/c1-2-30-21(28)17-14-25(11-9-15(17)18-8-5-10-23-18)12-13-26-20(27)16-6-3-4-7-19(16)24-22(26)29/h3-8,10,15,17,23H,2,9,11-14H2,1H3,(H,24,29)/t15-,17+/m0/s1. The van der Waals surface area contributed by atoms with Crippen molar-refractivity contribution in [1.82, 2.24) is 19.4 Å². The Morgan fingerprint density at radius 3 is 2.77 bits per heavy atom. The first-order valence-electron chi connectivity index (χ1n) is 10.3. The van der Waals surface area contributed by atoms with Gasteiger partial charge in [-0.2, -0.15) is 0 Å². The molecule has 1 aliphatic heterocycles. The van der Waals surface area contributed by atoms with Gasteiger partial charge in [0.2, 0.25) is 0 Å². The van der Waals surface area contributed by atoms with E-state index in [0.717, 1.165) is 18.7 Å². The number of aromatic nitrogens is 3. The maximum Gasteiger partial charge on any atom is 0.328 e. The number of hydrogen-bond acceptors (Lipinski definition) is 5. The van der Waals surface area contributed by atoms with Crippen LogP contribution in [0.1, 0.15) is 25.0 Å². The van der Waals surface area contributed by atoms with Crippen LogP contribution in [-0.4, -0.2) is 51.6 Å². The lowest BCUT2D eigenvalue weighted by atomic mass is 9.83. The van der Waals surface area contributed by atoms with E-state index in [0.29, 0.717) is 30.6 Å². The van der Waals surface area contributed by atoms with Crippen molar-refractivity contribution >= 4 is 16.9 Å². The first-order valence-corrected chi connectivity index (χ1v) is 10.3. The fourth-order valence-corrected chi connectivity index (χ4v) is 4.30. The summed E-state index contributed by atoms with van der Waals surface area (Å²) in [7, 11) is 0. The van der Waals surface area contributed by atoms with Crippen molar-refractivity contribution in [3.63, 3.8) is 0 Å². The zero-order valence-corrected chi connectivity index (χ0v) is 17.0. The second kappa shape index (κ2) is 8.71. The number of benzene rings is 1. The number of carbonyl (C=O) groups excluding carboxylic acids is 1. The number of rotatable bonds is 6. The number of esters is 1. The summed E-state index contributed by atoms with van der Waals surface area (Å²) in [6.45, 7) is 4.23. The number of likely N-dealkylation sites (tertiary alicyclic amines) is 1. The predicted octanol–water partition coefficient (Wildman–Crippen LogP) is 1.69. The molecule has 4 rings (SSSR count). The third-order valence-corrected chi connectivity index (χ3v) is 5.84. The molecule has 0 unspecified atom stereocenters. The van der Waals surface area contributed by atoms with Crippen molar-refractivity contribution in [3.8, 4) is 0 Å². The summed E-state index contributed by atoms with van der Waals surface area (Å²) in [4.78, 5) is 45.9. The highest BCUT2D eigenvalue weighted by Crippen LogP contribution is 2.33. The molecule has 0 saturated carbocycles. The van der Waals surface area contributed by atoms with E-state index in [-0.39, 0.29) is 29.9 Å². The van der Waals surface area contributed by atoms with E-state index < -0.39 is 5.69 Å². The minimum atomic E-state index is -0.415. The lowest BCUT2D eigenvalue weighted by Gasteiger charge is -2.37. The molecule has 158 valence electrons. The summed E-state index contributed by atoms with van der Waals surface area (Å²) in [6, 6.07) is 10.9. The zero-order chi connectivity index (χ0) is 21.1. The molecule has 3 heterocycles. The topological polar surface area (TPSA) is 100 Å². The average molecular weight is 410 g/mol. The molecule has 0 spiro atoms. The van der Waals surface area contributed by atoms with E-state index in [4.69, 9.17) is 4.74 Å². The molecule has 2 atom stereocenters. The van der Waals surface area contributed by atoms with E-state index >= 15 is 0 Å². The number of piperidine rings is 1. The quantitative estimate of drug-likeness (QED) is 0.603. The fourth-order valence-electron chi connectivity index (χ4n) is 4.30. The minimum absolute atomic E-state index is 0.0714. The van der Waals surface area contributed by atoms with Gasteiger partial charge in [-0.25, -0.2) is 4.79 Å². The van der Waals surface area contributed by atoms with Crippen LogP contribution in [0.4, 0.5) is 0 Å². The Bertz CT molecular complexity index is 1130. The van der Waals surface area contributed by atoms with E-state index in [2.05, 4.69) is 14.9 Å². The molecule has 1 saturated heterocycles. The molecular formula is C22H26N4O4. The normalized spacial score (nSPS) is 19.8. The molecule has 0 aliphatic carbocycles. The molecule has 1 fully saturated rings. The van der Waals surface area contributed by atoms with Crippen LogP contribution in [0.25, 0.3) is 10.9 Å². The number of para-hydroxylation sites is 1. The third kappa shape index (κ3) is 3.95. The van der Waals surface area contributed by atoms with Gasteiger partial charge in [0.05, 0.1) is 23.4 Å². The fraction of sp³-hybridized carbons (Fsp3) is 0.409. The Morgan fingerprint density at radius 2 is 2.00 bits per heavy atom. The Kier molecular flexibility index (Phi) is 5.85. The maximum atomic E-state index is 12.7. The number of hydrogen-bond donors (Lipinski definition) is 2. The number of ether oxygens (including phenoxy) is 1. The molecule has 0 bridgehead atoms. The van der Waals surface area contributed by atoms with Gasteiger partial charge in [-0.05, 0) is 44.2 Å². The van der Waals surface area contributed by atoms with Crippen LogP contribution in [0.2, 0.25) is 0 Å². The van der Waals surface area contributed by atoms with E-state index in [9.17, 15) is 14.4 Å². The van der Waals surface area contributed by atoms with Gasteiger partial charge in [0, 0.05) is 37.4 Å². The predicted molar refractivity (Wildman–Crippen MR) is 114 cm³/mol. The van der Waals surface area contributed by atoms with Crippen LogP contribution in [0.15, 0.2) is 52.2 Å². The van der Waals surface area contributed by atoms with Crippen molar-refractivity contribution in [1.29, 1.82) is 0 Å². The van der Waals surface area contributed by atoms with Crippen molar-refractivity contribution < 1.29 is 9.53 Å². The lowest BCUT2D eigenvalue weighted by molar-refractivity contribution is -0.150. The summed E-state index contributed by atoms with van der Waals surface area (Å²) >= 11 is 0. The monoisotopic (exact) mass is 410 g/mol. The molecule has 2 aromatic heterocycles. The highest BCUT2D eigenvalue weighted by molar-refractivity contribution is 5.77. The van der Waals surface area contributed by atoms with Gasteiger partial charge >= 0.3 is 11.7 Å². The Morgan fingerprint density at radius 1 is 1.17 bits per heavy atom. The Balaban J connectivity index is 1.51. The molecule has 8 heteroatoms. The second-order valence-corrected chi connectivity index (χ2v) is 7.61. The summed E-state index contributed by atoms with van der Waals surface area (Å²) in [5.41, 5.74) is 0.868. The number of fused-ring (bicyclic) bond motifs is 1. The van der Waals surface area contributed by atoms with Crippen molar-refractivity contribution in [2.24, 2.45) is 5.92 Å². The SMILES string of the molecule is CCOC(=O)[C@@H]1CN(CCn2c(=O)[nH]c3ccccc3c2=O)CC[C@@H]1c1ccc[nH]1. The second-order valence-electron chi connectivity index (χ2n) is 7.61.